The van der Waals surface area contributed by atoms with E-state index in [0.717, 1.165) is 17.8 Å². The summed E-state index contributed by atoms with van der Waals surface area (Å²) in [5.74, 6) is -1.85. The van der Waals surface area contributed by atoms with Gasteiger partial charge in [0.2, 0.25) is 0 Å². The van der Waals surface area contributed by atoms with Crippen LogP contribution in [-0.4, -0.2) is 35.5 Å². The van der Waals surface area contributed by atoms with Crippen LogP contribution in [0.3, 0.4) is 0 Å². The van der Waals surface area contributed by atoms with Crippen molar-refractivity contribution in [2.24, 2.45) is 0 Å². The molecule has 1 aromatic carbocycles. The summed E-state index contributed by atoms with van der Waals surface area (Å²) in [4.78, 5) is 20.6. The molecule has 0 unspecified atom stereocenters. The van der Waals surface area contributed by atoms with Gasteiger partial charge in [0.1, 0.15) is 11.4 Å². The second-order valence-electron chi connectivity index (χ2n) is 3.20. The van der Waals surface area contributed by atoms with E-state index in [1.54, 1.807) is 0 Å². The molecule has 0 spiro atoms. The van der Waals surface area contributed by atoms with Gasteiger partial charge in [0, 0.05) is 17.8 Å². The van der Waals surface area contributed by atoms with Gasteiger partial charge in [0.15, 0.2) is 0 Å². The highest BCUT2D eigenvalue weighted by atomic mass is 32.2. The Kier molecular flexibility index (Phi) is 5.05. The number of rotatable bonds is 6. The largest absolute Gasteiger partial charge is 0.477 e. The third kappa shape index (κ3) is 3.41. The molecular weight excluding hydrogens is 265 g/mol. The van der Waals surface area contributed by atoms with Gasteiger partial charge >= 0.3 is 5.97 Å². The molecule has 0 fully saturated rings. The molecule has 0 atom stereocenters. The van der Waals surface area contributed by atoms with E-state index in [0.29, 0.717) is 18.4 Å². The van der Waals surface area contributed by atoms with Crippen molar-refractivity contribution in [3.8, 4) is 0 Å². The van der Waals surface area contributed by atoms with E-state index in [1.807, 2.05) is 0 Å². The molecule has 98 valence electrons. The van der Waals surface area contributed by atoms with Gasteiger partial charge in [0.25, 0.3) is 5.69 Å². The SMILES string of the molecule is COCCSc1cc(C(=O)O)c([N+](=O)[O-])cc1F. The number of carbonyl (C=O) groups is 1. The normalized spacial score (nSPS) is 10.3. The van der Waals surface area contributed by atoms with Gasteiger partial charge in [-0.3, -0.25) is 10.1 Å². The van der Waals surface area contributed by atoms with E-state index in [1.165, 1.54) is 7.11 Å². The van der Waals surface area contributed by atoms with Crippen LogP contribution in [0.4, 0.5) is 10.1 Å². The van der Waals surface area contributed by atoms with Gasteiger partial charge in [-0.25, -0.2) is 9.18 Å². The van der Waals surface area contributed by atoms with Gasteiger partial charge in [-0.05, 0) is 6.07 Å². The molecule has 0 aliphatic carbocycles. The van der Waals surface area contributed by atoms with Crippen LogP contribution >= 0.6 is 11.8 Å². The second-order valence-corrected chi connectivity index (χ2v) is 4.34. The first kappa shape index (κ1) is 14.4. The first-order valence-corrected chi connectivity index (χ1v) is 5.79. The molecular formula is C10H10FNO5S. The van der Waals surface area contributed by atoms with E-state index < -0.39 is 28.0 Å². The lowest BCUT2D eigenvalue weighted by atomic mass is 10.2. The summed E-state index contributed by atoms with van der Waals surface area (Å²) in [6, 6.07) is 1.59. The summed E-state index contributed by atoms with van der Waals surface area (Å²) in [5, 5.41) is 19.4. The molecule has 0 heterocycles. The Morgan fingerprint density at radius 3 is 2.78 bits per heavy atom. The summed E-state index contributed by atoms with van der Waals surface area (Å²) < 4.78 is 18.3. The van der Waals surface area contributed by atoms with Crippen molar-refractivity contribution in [2.45, 2.75) is 4.90 Å². The molecule has 0 aliphatic rings. The number of benzene rings is 1. The van der Waals surface area contributed by atoms with Crippen molar-refractivity contribution < 1.29 is 24.0 Å². The third-order valence-electron chi connectivity index (χ3n) is 2.02. The summed E-state index contributed by atoms with van der Waals surface area (Å²) >= 11 is 1.04. The number of carboxylic acids is 1. The Morgan fingerprint density at radius 2 is 2.28 bits per heavy atom. The van der Waals surface area contributed by atoms with Gasteiger partial charge in [-0.15, -0.1) is 11.8 Å². The molecule has 0 saturated carbocycles. The van der Waals surface area contributed by atoms with Crippen molar-refractivity contribution >= 4 is 23.4 Å². The Bertz CT molecular complexity index is 480. The fourth-order valence-electron chi connectivity index (χ4n) is 1.21. The number of aromatic carboxylic acids is 1. The van der Waals surface area contributed by atoms with Crippen LogP contribution in [0.2, 0.25) is 0 Å². The highest BCUT2D eigenvalue weighted by molar-refractivity contribution is 7.99. The van der Waals surface area contributed by atoms with Crippen LogP contribution in [0.15, 0.2) is 17.0 Å². The lowest BCUT2D eigenvalue weighted by molar-refractivity contribution is -0.385. The minimum absolute atomic E-state index is 0.0510. The van der Waals surface area contributed by atoms with E-state index in [9.17, 15) is 19.3 Å². The zero-order chi connectivity index (χ0) is 13.7. The van der Waals surface area contributed by atoms with E-state index in [-0.39, 0.29) is 4.90 Å². The highest BCUT2D eigenvalue weighted by Crippen LogP contribution is 2.29. The lowest BCUT2D eigenvalue weighted by Gasteiger charge is -2.05. The molecule has 0 amide bonds. The molecule has 8 heteroatoms. The number of carboxylic acid groups (broad SMARTS) is 1. The first-order chi connectivity index (χ1) is 8.47. The van der Waals surface area contributed by atoms with Crippen molar-refractivity contribution in [2.75, 3.05) is 19.5 Å². The maximum Gasteiger partial charge on any atom is 0.342 e. The predicted molar refractivity (Wildman–Crippen MR) is 62.6 cm³/mol. The van der Waals surface area contributed by atoms with E-state index in [2.05, 4.69) is 0 Å². The second kappa shape index (κ2) is 6.31. The predicted octanol–water partition coefficient (Wildman–Crippen LogP) is 2.17. The fraction of sp³-hybridized carbons (Fsp3) is 0.300. The average molecular weight is 275 g/mol. The van der Waals surface area contributed by atoms with E-state index >= 15 is 0 Å². The van der Waals surface area contributed by atoms with Crippen LogP contribution in [0.25, 0.3) is 0 Å². The monoisotopic (exact) mass is 275 g/mol. The number of hydrogen-bond acceptors (Lipinski definition) is 5. The number of nitrogens with zero attached hydrogens (tertiary/aromatic N) is 1. The summed E-state index contributed by atoms with van der Waals surface area (Å²) in [6.45, 7) is 0.365. The fourth-order valence-corrected chi connectivity index (χ4v) is 2.08. The summed E-state index contributed by atoms with van der Waals surface area (Å²) in [5.41, 5.74) is -1.28. The molecule has 0 saturated heterocycles. The van der Waals surface area contributed by atoms with Crippen LogP contribution in [0, 0.1) is 15.9 Å². The molecule has 0 aromatic heterocycles. The Balaban J connectivity index is 3.11. The van der Waals surface area contributed by atoms with Crippen molar-refractivity contribution in [3.63, 3.8) is 0 Å². The third-order valence-corrected chi connectivity index (χ3v) is 3.02. The highest BCUT2D eigenvalue weighted by Gasteiger charge is 2.23. The number of hydrogen-bond donors (Lipinski definition) is 1. The maximum absolute atomic E-state index is 13.5. The standard InChI is InChI=1S/C10H10FNO5S/c1-17-2-3-18-9-4-6(10(13)14)8(12(15)16)5-7(9)11/h4-5H,2-3H2,1H3,(H,13,14). The Morgan fingerprint density at radius 1 is 1.61 bits per heavy atom. The summed E-state index contributed by atoms with van der Waals surface area (Å²) in [6.07, 6.45) is 0. The Labute approximate surface area is 106 Å². The quantitative estimate of drug-likeness (QED) is 0.370. The number of nitro groups is 1. The molecule has 6 nitrogen and oxygen atoms in total. The molecule has 1 aromatic rings. The first-order valence-electron chi connectivity index (χ1n) is 4.80. The summed E-state index contributed by atoms with van der Waals surface area (Å²) in [7, 11) is 1.48. The van der Waals surface area contributed by atoms with Crippen LogP contribution in [0.5, 0.6) is 0 Å². The van der Waals surface area contributed by atoms with Crippen molar-refractivity contribution in [1.29, 1.82) is 0 Å². The minimum Gasteiger partial charge on any atom is -0.477 e. The topological polar surface area (TPSA) is 89.7 Å². The molecule has 1 rings (SSSR count). The van der Waals surface area contributed by atoms with Gasteiger partial charge in [0.05, 0.1) is 17.6 Å². The van der Waals surface area contributed by atoms with Crippen molar-refractivity contribution in [1.82, 2.24) is 0 Å². The van der Waals surface area contributed by atoms with E-state index in [4.69, 9.17) is 9.84 Å². The van der Waals surface area contributed by atoms with Gasteiger partial charge in [-0.2, -0.15) is 0 Å². The van der Waals surface area contributed by atoms with Crippen LogP contribution in [-0.2, 0) is 4.74 Å². The molecule has 1 N–H and O–H groups in total. The average Bonchev–Trinajstić information content (AvgIpc) is 2.30. The van der Waals surface area contributed by atoms with Gasteiger partial charge in [-0.1, -0.05) is 0 Å². The number of methoxy groups -OCH3 is 1. The molecule has 0 bridgehead atoms. The van der Waals surface area contributed by atoms with Crippen molar-refractivity contribution in [3.05, 3.63) is 33.6 Å². The van der Waals surface area contributed by atoms with Crippen LogP contribution < -0.4 is 0 Å². The lowest BCUT2D eigenvalue weighted by Crippen LogP contribution is -2.04. The van der Waals surface area contributed by atoms with Crippen LogP contribution in [0.1, 0.15) is 10.4 Å². The molecule has 18 heavy (non-hydrogen) atoms. The number of thioether (sulfide) groups is 1. The zero-order valence-corrected chi connectivity index (χ0v) is 10.2. The minimum atomic E-state index is -1.46. The zero-order valence-electron chi connectivity index (χ0n) is 9.38. The molecule has 0 radical (unpaired) electrons. The number of ether oxygens (including phenoxy) is 1. The smallest absolute Gasteiger partial charge is 0.342 e. The molecule has 0 aliphatic heterocycles. The number of halogens is 1. The number of nitro benzene ring substituents is 1. The maximum atomic E-state index is 13.5. The Hall–Kier alpha value is -1.67. The van der Waals surface area contributed by atoms with Gasteiger partial charge < -0.3 is 9.84 Å².